The molecule has 1 fully saturated rings. The van der Waals surface area contributed by atoms with Crippen LogP contribution in [0.1, 0.15) is 12.8 Å². The van der Waals surface area contributed by atoms with Crippen LogP contribution in [0.3, 0.4) is 0 Å². The molecule has 0 bridgehead atoms. The van der Waals surface area contributed by atoms with Crippen LogP contribution in [0, 0.1) is 5.92 Å². The molecule has 0 unspecified atom stereocenters. The van der Waals surface area contributed by atoms with Gasteiger partial charge in [0.15, 0.2) is 0 Å². The summed E-state index contributed by atoms with van der Waals surface area (Å²) in [6, 6.07) is 5.73. The summed E-state index contributed by atoms with van der Waals surface area (Å²) in [5, 5.41) is 3.34. The SMILES string of the molecule is Brc1cccc(OCC2CCNCC2)n1. The largest absolute Gasteiger partial charge is 0.477 e. The van der Waals surface area contributed by atoms with Crippen molar-refractivity contribution in [2.45, 2.75) is 12.8 Å². The maximum atomic E-state index is 5.66. The van der Waals surface area contributed by atoms with Crippen LogP contribution in [0.15, 0.2) is 22.8 Å². The third-order valence-electron chi connectivity index (χ3n) is 2.62. The summed E-state index contributed by atoms with van der Waals surface area (Å²) in [4.78, 5) is 4.24. The Morgan fingerprint density at radius 3 is 2.93 bits per heavy atom. The fraction of sp³-hybridized carbons (Fsp3) is 0.545. The van der Waals surface area contributed by atoms with Gasteiger partial charge in [0.05, 0.1) is 6.61 Å². The molecule has 15 heavy (non-hydrogen) atoms. The molecule has 0 spiro atoms. The van der Waals surface area contributed by atoms with E-state index in [0.717, 1.165) is 24.3 Å². The first-order chi connectivity index (χ1) is 7.34. The lowest BCUT2D eigenvalue weighted by Gasteiger charge is -2.22. The molecule has 0 aromatic carbocycles. The van der Waals surface area contributed by atoms with E-state index in [1.807, 2.05) is 18.2 Å². The maximum Gasteiger partial charge on any atom is 0.214 e. The molecule has 3 nitrogen and oxygen atoms in total. The summed E-state index contributed by atoms with van der Waals surface area (Å²) in [5.74, 6) is 1.38. The first-order valence-corrected chi connectivity index (χ1v) is 6.10. The number of hydrogen-bond donors (Lipinski definition) is 1. The highest BCUT2D eigenvalue weighted by molar-refractivity contribution is 9.10. The zero-order chi connectivity index (χ0) is 10.5. The van der Waals surface area contributed by atoms with Crippen molar-refractivity contribution in [1.82, 2.24) is 10.3 Å². The standard InChI is InChI=1S/C11H15BrN2O/c12-10-2-1-3-11(14-10)15-8-9-4-6-13-7-5-9/h1-3,9,13H,4-8H2. The minimum atomic E-state index is 0.673. The summed E-state index contributed by atoms with van der Waals surface area (Å²) in [7, 11) is 0. The van der Waals surface area contributed by atoms with Gasteiger partial charge in [-0.1, -0.05) is 6.07 Å². The number of rotatable bonds is 3. The Bertz CT molecular complexity index is 313. The quantitative estimate of drug-likeness (QED) is 0.856. The molecule has 4 heteroatoms. The van der Waals surface area contributed by atoms with Crippen LogP contribution in [0.4, 0.5) is 0 Å². The predicted octanol–water partition coefficient (Wildman–Crippen LogP) is 2.22. The third kappa shape index (κ3) is 3.47. The number of hydrogen-bond acceptors (Lipinski definition) is 3. The molecule has 1 N–H and O–H groups in total. The van der Waals surface area contributed by atoms with Crippen LogP contribution in [0.5, 0.6) is 5.88 Å². The molecular weight excluding hydrogens is 256 g/mol. The van der Waals surface area contributed by atoms with Crippen molar-refractivity contribution in [1.29, 1.82) is 0 Å². The van der Waals surface area contributed by atoms with Crippen LogP contribution < -0.4 is 10.1 Å². The van der Waals surface area contributed by atoms with Gasteiger partial charge in [0, 0.05) is 6.07 Å². The number of nitrogens with one attached hydrogen (secondary N) is 1. The van der Waals surface area contributed by atoms with Crippen molar-refractivity contribution < 1.29 is 4.74 Å². The Hall–Kier alpha value is -0.610. The molecule has 1 aliphatic heterocycles. The van der Waals surface area contributed by atoms with Gasteiger partial charge in [-0.15, -0.1) is 0 Å². The molecule has 82 valence electrons. The van der Waals surface area contributed by atoms with Crippen LogP contribution in [-0.4, -0.2) is 24.7 Å². The summed E-state index contributed by atoms with van der Waals surface area (Å²) < 4.78 is 6.48. The van der Waals surface area contributed by atoms with Gasteiger partial charge in [0.2, 0.25) is 5.88 Å². The van der Waals surface area contributed by atoms with Gasteiger partial charge in [0.1, 0.15) is 4.60 Å². The van der Waals surface area contributed by atoms with E-state index >= 15 is 0 Å². The number of piperidine rings is 1. The lowest BCUT2D eigenvalue weighted by molar-refractivity contribution is 0.208. The van der Waals surface area contributed by atoms with Crippen LogP contribution in [0.2, 0.25) is 0 Å². The van der Waals surface area contributed by atoms with Crippen LogP contribution in [-0.2, 0) is 0 Å². The molecule has 1 saturated heterocycles. The number of aromatic nitrogens is 1. The second-order valence-electron chi connectivity index (χ2n) is 3.80. The molecule has 0 amide bonds. The van der Waals surface area contributed by atoms with Crippen LogP contribution >= 0.6 is 15.9 Å². The first-order valence-electron chi connectivity index (χ1n) is 5.30. The van der Waals surface area contributed by atoms with Crippen molar-refractivity contribution in [2.75, 3.05) is 19.7 Å². The number of halogens is 1. The summed E-state index contributed by atoms with van der Waals surface area (Å²) in [6.07, 6.45) is 2.40. The number of pyridine rings is 1. The second-order valence-corrected chi connectivity index (χ2v) is 4.62. The lowest BCUT2D eigenvalue weighted by atomic mass is 9.99. The van der Waals surface area contributed by atoms with Gasteiger partial charge in [-0.2, -0.15) is 0 Å². The van der Waals surface area contributed by atoms with E-state index in [1.165, 1.54) is 12.8 Å². The fourth-order valence-corrected chi connectivity index (χ4v) is 2.05. The van der Waals surface area contributed by atoms with E-state index in [2.05, 4.69) is 26.2 Å². The van der Waals surface area contributed by atoms with Crippen molar-refractivity contribution in [3.63, 3.8) is 0 Å². The Labute approximate surface area is 98.4 Å². The van der Waals surface area contributed by atoms with Gasteiger partial charge in [-0.3, -0.25) is 0 Å². The monoisotopic (exact) mass is 270 g/mol. The smallest absolute Gasteiger partial charge is 0.214 e. The Kier molecular flexibility index (Phi) is 3.97. The highest BCUT2D eigenvalue weighted by Gasteiger charge is 2.13. The first kappa shape index (κ1) is 10.9. The molecule has 0 saturated carbocycles. The molecule has 0 atom stereocenters. The Balaban J connectivity index is 1.81. The van der Waals surface area contributed by atoms with E-state index in [9.17, 15) is 0 Å². The summed E-state index contributed by atoms with van der Waals surface area (Å²) >= 11 is 3.33. The molecular formula is C11H15BrN2O. The van der Waals surface area contributed by atoms with Gasteiger partial charge < -0.3 is 10.1 Å². The molecule has 1 aromatic heterocycles. The maximum absolute atomic E-state index is 5.66. The zero-order valence-electron chi connectivity index (χ0n) is 8.58. The fourth-order valence-electron chi connectivity index (χ4n) is 1.72. The molecule has 1 aliphatic rings. The summed E-state index contributed by atoms with van der Waals surface area (Å²) in [6.45, 7) is 3.00. The second kappa shape index (κ2) is 5.47. The highest BCUT2D eigenvalue weighted by Crippen LogP contribution is 2.16. The van der Waals surface area contributed by atoms with Crippen LogP contribution in [0.25, 0.3) is 0 Å². The average molecular weight is 271 g/mol. The average Bonchev–Trinajstić information content (AvgIpc) is 2.28. The van der Waals surface area contributed by atoms with Gasteiger partial charge in [0.25, 0.3) is 0 Å². The number of ether oxygens (including phenoxy) is 1. The topological polar surface area (TPSA) is 34.1 Å². The van der Waals surface area contributed by atoms with E-state index in [-0.39, 0.29) is 0 Å². The Morgan fingerprint density at radius 1 is 1.40 bits per heavy atom. The highest BCUT2D eigenvalue weighted by atomic mass is 79.9. The van der Waals surface area contributed by atoms with Crippen molar-refractivity contribution in [3.8, 4) is 5.88 Å². The minimum Gasteiger partial charge on any atom is -0.477 e. The molecule has 0 radical (unpaired) electrons. The zero-order valence-corrected chi connectivity index (χ0v) is 10.2. The number of nitrogens with zero attached hydrogens (tertiary/aromatic N) is 1. The van der Waals surface area contributed by atoms with E-state index in [4.69, 9.17) is 4.74 Å². The molecule has 2 rings (SSSR count). The molecule has 2 heterocycles. The van der Waals surface area contributed by atoms with Gasteiger partial charge in [-0.05, 0) is 53.8 Å². The summed E-state index contributed by atoms with van der Waals surface area (Å²) in [5.41, 5.74) is 0. The van der Waals surface area contributed by atoms with E-state index in [1.54, 1.807) is 0 Å². The Morgan fingerprint density at radius 2 is 2.20 bits per heavy atom. The van der Waals surface area contributed by atoms with Crippen molar-refractivity contribution >= 4 is 15.9 Å². The third-order valence-corrected chi connectivity index (χ3v) is 3.06. The van der Waals surface area contributed by atoms with Crippen molar-refractivity contribution in [3.05, 3.63) is 22.8 Å². The normalized spacial score (nSPS) is 17.7. The van der Waals surface area contributed by atoms with E-state index in [0.29, 0.717) is 11.8 Å². The van der Waals surface area contributed by atoms with Gasteiger partial charge >= 0.3 is 0 Å². The molecule has 1 aromatic rings. The lowest BCUT2D eigenvalue weighted by Crippen LogP contribution is -2.30. The molecule has 0 aliphatic carbocycles. The van der Waals surface area contributed by atoms with Crippen molar-refractivity contribution in [2.24, 2.45) is 5.92 Å². The van der Waals surface area contributed by atoms with Gasteiger partial charge in [-0.25, -0.2) is 4.98 Å². The minimum absolute atomic E-state index is 0.673. The van der Waals surface area contributed by atoms with E-state index < -0.39 is 0 Å². The predicted molar refractivity (Wildman–Crippen MR) is 63.0 cm³/mol.